The minimum Gasteiger partial charge on any atom is -0.312 e. The highest BCUT2D eigenvalue weighted by molar-refractivity contribution is 4.99. The minimum atomic E-state index is 1.43. The van der Waals surface area contributed by atoms with Crippen molar-refractivity contribution in [1.82, 2.24) is 4.90 Å². The first-order valence-corrected chi connectivity index (χ1v) is 2.76. The van der Waals surface area contributed by atoms with E-state index in [0.717, 1.165) is 0 Å². The predicted octanol–water partition coefficient (Wildman–Crippen LogP) is 1.26. The van der Waals surface area contributed by atoms with Crippen molar-refractivity contribution >= 4 is 0 Å². The molecule has 0 atom stereocenters. The Bertz CT molecular complexity index is 95.2. The van der Waals surface area contributed by atoms with Crippen LogP contribution in [0.2, 0.25) is 0 Å². The Hall–Kier alpha value is -0.810. The molecule has 0 aliphatic heterocycles. The molecule has 0 aliphatic carbocycles. The Morgan fingerprint density at radius 3 is 1.67 bits per heavy atom. The van der Waals surface area contributed by atoms with Crippen LogP contribution in [0.25, 0.3) is 0 Å². The van der Waals surface area contributed by atoms with Crippen molar-refractivity contribution in [3.05, 3.63) is 12.2 Å². The van der Waals surface area contributed by atoms with Gasteiger partial charge < -0.3 is 4.90 Å². The molecule has 0 unspecified atom stereocenters. The van der Waals surface area contributed by atoms with Crippen molar-refractivity contribution in [2.24, 2.45) is 0 Å². The third-order valence-corrected chi connectivity index (χ3v) is 0.241. The summed E-state index contributed by atoms with van der Waals surface area (Å²) in [6.45, 7) is 1.81. The van der Waals surface area contributed by atoms with Crippen LogP contribution in [-0.4, -0.2) is 26.0 Å². The summed E-state index contributed by atoms with van der Waals surface area (Å²) in [4.78, 5) is 2.00. The van der Waals surface area contributed by atoms with E-state index in [4.69, 9.17) is 5.26 Å². The van der Waals surface area contributed by atoms with Crippen molar-refractivity contribution in [2.75, 3.05) is 21.1 Å². The second-order valence-electron chi connectivity index (χ2n) is 1.97. The Morgan fingerprint density at radius 2 is 1.67 bits per heavy atom. The van der Waals surface area contributed by atoms with Crippen LogP contribution in [0.3, 0.4) is 0 Å². The van der Waals surface area contributed by atoms with E-state index in [0.29, 0.717) is 0 Å². The summed E-state index contributed by atoms with van der Waals surface area (Å²) < 4.78 is 0. The lowest BCUT2D eigenvalue weighted by Gasteiger charge is -1.90. The van der Waals surface area contributed by atoms with Crippen LogP contribution < -0.4 is 0 Å². The Kier molecular flexibility index (Phi) is 12.6. The zero-order valence-corrected chi connectivity index (χ0v) is 6.55. The number of nitriles is 1. The quantitative estimate of drug-likeness (QED) is 0.457. The summed E-state index contributed by atoms with van der Waals surface area (Å²) >= 11 is 0. The molecule has 0 radical (unpaired) electrons. The molecular weight excluding hydrogens is 112 g/mol. The zero-order valence-electron chi connectivity index (χ0n) is 6.55. The monoisotopic (exact) mass is 126 g/mol. The van der Waals surface area contributed by atoms with Crippen LogP contribution in [0.15, 0.2) is 12.2 Å². The third-order valence-electron chi connectivity index (χ3n) is 0.241. The summed E-state index contributed by atoms with van der Waals surface area (Å²) in [5, 5.41) is 7.73. The zero-order chi connectivity index (χ0) is 7.70. The molecule has 0 bridgehead atoms. The van der Waals surface area contributed by atoms with E-state index in [-0.39, 0.29) is 0 Å². The summed E-state index contributed by atoms with van der Waals surface area (Å²) in [5.74, 6) is 0. The van der Waals surface area contributed by atoms with Gasteiger partial charge in [-0.2, -0.15) is 5.26 Å². The van der Waals surface area contributed by atoms with E-state index in [1.165, 1.54) is 6.08 Å². The smallest absolute Gasteiger partial charge is 0.0908 e. The van der Waals surface area contributed by atoms with E-state index >= 15 is 0 Å². The molecule has 0 saturated carbocycles. The molecule has 0 saturated heterocycles. The normalized spacial score (nSPS) is 8.44. The van der Waals surface area contributed by atoms with Gasteiger partial charge in [0.15, 0.2) is 0 Å². The van der Waals surface area contributed by atoms with Gasteiger partial charge in [0.1, 0.15) is 0 Å². The molecule has 0 amide bonds. The molecule has 52 valence electrons. The van der Waals surface area contributed by atoms with E-state index in [1.54, 1.807) is 6.08 Å². The maximum Gasteiger partial charge on any atom is 0.0908 e. The lowest BCUT2D eigenvalue weighted by Crippen LogP contribution is -1.99. The lowest BCUT2D eigenvalue weighted by atomic mass is 10.6. The van der Waals surface area contributed by atoms with Crippen molar-refractivity contribution in [2.45, 2.75) is 6.92 Å². The highest BCUT2D eigenvalue weighted by atomic mass is 15.0. The lowest BCUT2D eigenvalue weighted by molar-refractivity contribution is 0.505. The molecule has 0 aromatic rings. The van der Waals surface area contributed by atoms with E-state index in [2.05, 4.69) is 0 Å². The minimum absolute atomic E-state index is 1.43. The molecular formula is C7H14N2. The second kappa shape index (κ2) is 10.2. The van der Waals surface area contributed by atoms with Gasteiger partial charge in [0.05, 0.1) is 6.07 Å². The van der Waals surface area contributed by atoms with Crippen LogP contribution in [0.1, 0.15) is 6.92 Å². The number of rotatable bonds is 0. The summed E-state index contributed by atoms with van der Waals surface area (Å²) in [7, 11) is 6.00. The van der Waals surface area contributed by atoms with E-state index in [1.807, 2.05) is 39.0 Å². The third kappa shape index (κ3) is 137. The van der Waals surface area contributed by atoms with Crippen LogP contribution >= 0.6 is 0 Å². The SMILES string of the molecule is C/C=C/C#N.CN(C)C. The standard InChI is InChI=1S/C4H5N.C3H9N/c1-2-3-4-5;1-4(2)3/h2-3H,1H3;1-3H3/b3-2+;. The molecule has 9 heavy (non-hydrogen) atoms. The van der Waals surface area contributed by atoms with Crippen molar-refractivity contribution in [1.29, 1.82) is 5.26 Å². The van der Waals surface area contributed by atoms with Gasteiger partial charge in [0.25, 0.3) is 0 Å². The molecule has 2 nitrogen and oxygen atoms in total. The van der Waals surface area contributed by atoms with Gasteiger partial charge in [0, 0.05) is 6.08 Å². The van der Waals surface area contributed by atoms with Crippen LogP contribution in [0.4, 0.5) is 0 Å². The molecule has 0 rings (SSSR count). The summed E-state index contributed by atoms with van der Waals surface area (Å²) in [6, 6.07) is 1.84. The van der Waals surface area contributed by atoms with Gasteiger partial charge in [-0.05, 0) is 28.1 Å². The first kappa shape index (κ1) is 11.0. The first-order chi connectivity index (χ1) is 4.15. The topological polar surface area (TPSA) is 27.0 Å². The highest BCUT2D eigenvalue weighted by Crippen LogP contribution is 1.58. The molecule has 0 spiro atoms. The van der Waals surface area contributed by atoms with Crippen molar-refractivity contribution in [3.8, 4) is 6.07 Å². The van der Waals surface area contributed by atoms with Crippen molar-refractivity contribution < 1.29 is 0 Å². The fourth-order valence-corrected chi connectivity index (χ4v) is 0.0745. The number of hydrogen-bond acceptors (Lipinski definition) is 2. The van der Waals surface area contributed by atoms with Gasteiger partial charge in [0.2, 0.25) is 0 Å². The molecule has 0 N–H and O–H groups in total. The van der Waals surface area contributed by atoms with E-state index in [9.17, 15) is 0 Å². The molecule has 0 fully saturated rings. The van der Waals surface area contributed by atoms with Crippen LogP contribution in [0.5, 0.6) is 0 Å². The number of nitrogens with zero attached hydrogens (tertiary/aromatic N) is 2. The van der Waals surface area contributed by atoms with Gasteiger partial charge in [-0.15, -0.1) is 0 Å². The Morgan fingerprint density at radius 1 is 1.33 bits per heavy atom. The maximum absolute atomic E-state index is 7.73. The molecule has 2 heteroatoms. The Balaban J connectivity index is 0. The molecule has 0 heterocycles. The Labute approximate surface area is 57.4 Å². The highest BCUT2D eigenvalue weighted by Gasteiger charge is 1.58. The van der Waals surface area contributed by atoms with Crippen LogP contribution in [0, 0.1) is 11.3 Å². The van der Waals surface area contributed by atoms with Gasteiger partial charge in [-0.1, -0.05) is 6.08 Å². The van der Waals surface area contributed by atoms with Crippen molar-refractivity contribution in [3.63, 3.8) is 0 Å². The van der Waals surface area contributed by atoms with Gasteiger partial charge in [-0.25, -0.2) is 0 Å². The molecule has 0 aliphatic rings. The summed E-state index contributed by atoms with van der Waals surface area (Å²) in [6.07, 6.45) is 3.12. The average molecular weight is 126 g/mol. The first-order valence-electron chi connectivity index (χ1n) is 2.76. The maximum atomic E-state index is 7.73. The number of hydrogen-bond donors (Lipinski definition) is 0. The molecule has 0 aromatic heterocycles. The summed E-state index contributed by atoms with van der Waals surface area (Å²) in [5.41, 5.74) is 0. The van der Waals surface area contributed by atoms with Gasteiger partial charge >= 0.3 is 0 Å². The largest absolute Gasteiger partial charge is 0.312 e. The average Bonchev–Trinajstić information content (AvgIpc) is 1.66. The van der Waals surface area contributed by atoms with Gasteiger partial charge in [-0.3, -0.25) is 0 Å². The van der Waals surface area contributed by atoms with E-state index < -0.39 is 0 Å². The fourth-order valence-electron chi connectivity index (χ4n) is 0.0745. The van der Waals surface area contributed by atoms with Crippen LogP contribution in [-0.2, 0) is 0 Å². The molecule has 0 aromatic carbocycles. The number of allylic oxidation sites excluding steroid dienone is 2. The second-order valence-corrected chi connectivity index (χ2v) is 1.97. The fraction of sp³-hybridized carbons (Fsp3) is 0.571. The predicted molar refractivity (Wildman–Crippen MR) is 40.0 cm³/mol.